The van der Waals surface area contributed by atoms with Crippen molar-refractivity contribution in [3.8, 4) is 5.69 Å². The average molecular weight is 355 g/mol. The van der Waals surface area contributed by atoms with Gasteiger partial charge in [-0.2, -0.15) is 5.10 Å². The lowest BCUT2D eigenvalue weighted by Gasteiger charge is -2.25. The Bertz CT molecular complexity index is 660. The molecular weight excluding hydrogens is 335 g/mol. The van der Waals surface area contributed by atoms with E-state index in [0.717, 1.165) is 31.4 Å². The molecule has 1 aliphatic carbocycles. The van der Waals surface area contributed by atoms with Crippen LogP contribution >= 0.6 is 24.0 Å². The highest BCUT2D eigenvalue weighted by molar-refractivity contribution is 6.32. The molecule has 3 rings (SSSR count). The van der Waals surface area contributed by atoms with Gasteiger partial charge in [-0.05, 0) is 43.5 Å². The number of carbonyl (C=O) groups is 1. The maximum absolute atomic E-state index is 12.3. The van der Waals surface area contributed by atoms with Crippen LogP contribution in [0.2, 0.25) is 5.02 Å². The minimum atomic E-state index is -0.00619. The highest BCUT2D eigenvalue weighted by atomic mass is 35.5. The van der Waals surface area contributed by atoms with Crippen LogP contribution in [0.3, 0.4) is 0 Å². The molecule has 3 N–H and O–H groups in total. The zero-order valence-corrected chi connectivity index (χ0v) is 14.2. The van der Waals surface area contributed by atoms with Gasteiger partial charge in [0.05, 0.1) is 10.7 Å². The third-order valence-electron chi connectivity index (χ3n) is 4.05. The molecule has 1 amide bonds. The van der Waals surface area contributed by atoms with Gasteiger partial charge in [0.2, 0.25) is 5.91 Å². The fourth-order valence-corrected chi connectivity index (χ4v) is 3.16. The molecule has 7 heteroatoms. The summed E-state index contributed by atoms with van der Waals surface area (Å²) in [6, 6.07) is 7.40. The third kappa shape index (κ3) is 4.25. The molecule has 2 atom stereocenters. The van der Waals surface area contributed by atoms with E-state index < -0.39 is 0 Å². The Balaban J connectivity index is 0.00000192. The molecule has 2 aromatic rings. The number of halogens is 2. The maximum Gasteiger partial charge on any atom is 0.227 e. The van der Waals surface area contributed by atoms with Crippen molar-refractivity contribution in [3.05, 3.63) is 41.7 Å². The molecule has 124 valence electrons. The normalized spacial score (nSPS) is 20.6. The molecule has 1 aliphatic rings. The molecule has 0 spiro atoms. The van der Waals surface area contributed by atoms with Crippen LogP contribution < -0.4 is 11.1 Å². The summed E-state index contributed by atoms with van der Waals surface area (Å²) in [5.74, 6) is 0.0198. The molecule has 0 bridgehead atoms. The van der Waals surface area contributed by atoms with Crippen LogP contribution in [0.5, 0.6) is 0 Å². The summed E-state index contributed by atoms with van der Waals surface area (Å²) >= 11 is 6.28. The lowest BCUT2D eigenvalue weighted by Crippen LogP contribution is -2.34. The molecule has 1 fully saturated rings. The van der Waals surface area contributed by atoms with Gasteiger partial charge in [0.25, 0.3) is 0 Å². The number of nitrogens with one attached hydrogen (secondary N) is 1. The highest BCUT2D eigenvalue weighted by Gasteiger charge is 2.25. The highest BCUT2D eigenvalue weighted by Crippen LogP contribution is 2.27. The van der Waals surface area contributed by atoms with E-state index in [1.165, 1.54) is 0 Å². The summed E-state index contributed by atoms with van der Waals surface area (Å²) in [5, 5.41) is 7.63. The molecule has 2 unspecified atom stereocenters. The minimum absolute atomic E-state index is 0. The summed E-state index contributed by atoms with van der Waals surface area (Å²) in [6.07, 6.45) is 7.19. The molecule has 1 saturated carbocycles. The summed E-state index contributed by atoms with van der Waals surface area (Å²) in [4.78, 5) is 12.3. The zero-order chi connectivity index (χ0) is 15.5. The van der Waals surface area contributed by atoms with Crippen LogP contribution in [0.1, 0.15) is 25.7 Å². The predicted molar refractivity (Wildman–Crippen MR) is 94.4 cm³/mol. The van der Waals surface area contributed by atoms with Crippen molar-refractivity contribution in [2.45, 2.75) is 31.7 Å². The molecule has 1 heterocycles. The quantitative estimate of drug-likeness (QED) is 0.886. The molecule has 0 saturated heterocycles. The largest absolute Gasteiger partial charge is 0.328 e. The van der Waals surface area contributed by atoms with Crippen molar-refractivity contribution in [2.24, 2.45) is 11.7 Å². The fraction of sp³-hybridized carbons (Fsp3) is 0.375. The number of anilines is 1. The van der Waals surface area contributed by atoms with Crippen molar-refractivity contribution < 1.29 is 4.79 Å². The standard InChI is InChI=1S/C16H19ClN4O.ClH/c17-14-10-13(5-6-15(14)21-8-2-7-19-21)20-16(22)11-3-1-4-12(18)9-11;/h2,5-8,10-12H,1,3-4,9,18H2,(H,20,22);1H. The Morgan fingerprint density at radius 2 is 2.22 bits per heavy atom. The SMILES string of the molecule is Cl.NC1CCCC(C(=O)Nc2ccc(-n3cccn3)c(Cl)c2)C1. The molecule has 0 aliphatic heterocycles. The number of benzene rings is 1. The van der Waals surface area contributed by atoms with E-state index in [1.54, 1.807) is 16.9 Å². The summed E-state index contributed by atoms with van der Waals surface area (Å²) < 4.78 is 1.69. The fourth-order valence-electron chi connectivity index (χ4n) is 2.89. The maximum atomic E-state index is 12.3. The van der Waals surface area contributed by atoms with Gasteiger partial charge < -0.3 is 11.1 Å². The van der Waals surface area contributed by atoms with Crippen LogP contribution in [0.4, 0.5) is 5.69 Å². The van der Waals surface area contributed by atoms with Crippen LogP contribution in [-0.2, 0) is 4.79 Å². The minimum Gasteiger partial charge on any atom is -0.328 e. The van der Waals surface area contributed by atoms with E-state index in [-0.39, 0.29) is 30.3 Å². The van der Waals surface area contributed by atoms with E-state index in [2.05, 4.69) is 10.4 Å². The van der Waals surface area contributed by atoms with Crippen molar-refractivity contribution >= 4 is 35.6 Å². The third-order valence-corrected chi connectivity index (χ3v) is 4.35. The van der Waals surface area contributed by atoms with E-state index in [9.17, 15) is 4.79 Å². The number of rotatable bonds is 3. The molecule has 0 radical (unpaired) electrons. The molecule has 1 aromatic carbocycles. The Morgan fingerprint density at radius 3 is 2.87 bits per heavy atom. The average Bonchev–Trinajstić information content (AvgIpc) is 3.01. The molecule has 5 nitrogen and oxygen atoms in total. The molecule has 23 heavy (non-hydrogen) atoms. The Morgan fingerprint density at radius 1 is 1.39 bits per heavy atom. The number of hydrogen-bond donors (Lipinski definition) is 2. The van der Waals surface area contributed by atoms with Crippen LogP contribution in [-0.4, -0.2) is 21.7 Å². The Kier molecular flexibility index (Phi) is 6.04. The first-order chi connectivity index (χ1) is 10.6. The monoisotopic (exact) mass is 354 g/mol. The predicted octanol–water partition coefficient (Wildman–Crippen LogP) is 3.40. The van der Waals surface area contributed by atoms with Gasteiger partial charge in [-0.25, -0.2) is 4.68 Å². The van der Waals surface area contributed by atoms with E-state index in [0.29, 0.717) is 10.7 Å². The second-order valence-electron chi connectivity index (χ2n) is 5.73. The first-order valence-corrected chi connectivity index (χ1v) is 7.87. The first-order valence-electron chi connectivity index (χ1n) is 7.49. The van der Waals surface area contributed by atoms with Gasteiger partial charge in [0.15, 0.2) is 0 Å². The number of nitrogens with zero attached hydrogens (tertiary/aromatic N) is 2. The van der Waals surface area contributed by atoms with Gasteiger partial charge in [0, 0.05) is 30.0 Å². The summed E-state index contributed by atoms with van der Waals surface area (Å²) in [5.41, 5.74) is 7.42. The van der Waals surface area contributed by atoms with Crippen LogP contribution in [0.25, 0.3) is 5.69 Å². The number of nitrogens with two attached hydrogens (primary N) is 1. The van der Waals surface area contributed by atoms with Gasteiger partial charge in [0.1, 0.15) is 0 Å². The Hall–Kier alpha value is -1.56. The molecule has 1 aromatic heterocycles. The lowest BCUT2D eigenvalue weighted by molar-refractivity contribution is -0.120. The summed E-state index contributed by atoms with van der Waals surface area (Å²) in [7, 11) is 0. The van der Waals surface area contributed by atoms with E-state index in [4.69, 9.17) is 17.3 Å². The van der Waals surface area contributed by atoms with Gasteiger partial charge in [-0.15, -0.1) is 12.4 Å². The van der Waals surface area contributed by atoms with Crippen LogP contribution in [0.15, 0.2) is 36.7 Å². The van der Waals surface area contributed by atoms with Crippen molar-refractivity contribution in [1.82, 2.24) is 9.78 Å². The number of hydrogen-bond acceptors (Lipinski definition) is 3. The first kappa shape index (κ1) is 17.8. The lowest BCUT2D eigenvalue weighted by atomic mass is 9.85. The smallest absolute Gasteiger partial charge is 0.227 e. The van der Waals surface area contributed by atoms with Gasteiger partial charge >= 0.3 is 0 Å². The molecular formula is C16H20Cl2N4O. The number of carbonyl (C=O) groups excluding carboxylic acids is 1. The van der Waals surface area contributed by atoms with E-state index >= 15 is 0 Å². The number of aromatic nitrogens is 2. The second kappa shape index (κ2) is 7.81. The summed E-state index contributed by atoms with van der Waals surface area (Å²) in [6.45, 7) is 0. The van der Waals surface area contributed by atoms with Crippen molar-refractivity contribution in [1.29, 1.82) is 0 Å². The van der Waals surface area contributed by atoms with Crippen LogP contribution in [0, 0.1) is 5.92 Å². The topological polar surface area (TPSA) is 72.9 Å². The Labute approximate surface area is 146 Å². The van der Waals surface area contributed by atoms with Gasteiger partial charge in [-0.3, -0.25) is 4.79 Å². The van der Waals surface area contributed by atoms with Crippen molar-refractivity contribution in [2.75, 3.05) is 5.32 Å². The van der Waals surface area contributed by atoms with Crippen molar-refractivity contribution in [3.63, 3.8) is 0 Å². The number of amides is 1. The van der Waals surface area contributed by atoms with Gasteiger partial charge in [-0.1, -0.05) is 18.0 Å². The zero-order valence-electron chi connectivity index (χ0n) is 12.6. The van der Waals surface area contributed by atoms with E-state index in [1.807, 2.05) is 24.4 Å². The second-order valence-corrected chi connectivity index (χ2v) is 6.14.